The van der Waals surface area contributed by atoms with E-state index in [0.29, 0.717) is 5.69 Å². The predicted octanol–water partition coefficient (Wildman–Crippen LogP) is 10.0. The van der Waals surface area contributed by atoms with E-state index in [0.717, 1.165) is 44.2 Å². The number of furan rings is 1. The largest absolute Gasteiger partial charge is 0.456 e. The first kappa shape index (κ1) is 14.6. The van der Waals surface area contributed by atoms with Gasteiger partial charge in [0.15, 0.2) is 0 Å². The number of hydrogen-bond acceptors (Lipinski definition) is 1. The van der Waals surface area contributed by atoms with Crippen molar-refractivity contribution in [2.24, 2.45) is 0 Å². The molecule has 0 saturated heterocycles. The van der Waals surface area contributed by atoms with Gasteiger partial charge in [-0.1, -0.05) is 103 Å². The third-order valence-electron chi connectivity index (χ3n) is 7.07. The van der Waals surface area contributed by atoms with Crippen LogP contribution in [0, 0.1) is 0 Å². The second-order valence-corrected chi connectivity index (χ2v) is 9.19. The summed E-state index contributed by atoms with van der Waals surface area (Å²) in [6.45, 7) is 0. The highest BCUT2D eigenvalue weighted by Gasteiger charge is 2.14. The second kappa shape index (κ2) is 8.22. The van der Waals surface area contributed by atoms with Crippen LogP contribution >= 0.6 is 0 Å². The minimum Gasteiger partial charge on any atom is -0.456 e. The van der Waals surface area contributed by atoms with E-state index >= 15 is 0 Å². The molecular weight excluding hydrogens is 462 g/mol. The van der Waals surface area contributed by atoms with Crippen molar-refractivity contribution in [1.82, 2.24) is 4.57 Å². The number of aromatic nitrogens is 1. The molecule has 0 unspecified atom stereocenters. The quantitative estimate of drug-likeness (QED) is 0.239. The minimum absolute atomic E-state index is 0.0590. The lowest BCUT2D eigenvalue weighted by atomic mass is 9.97. The van der Waals surface area contributed by atoms with Gasteiger partial charge in [0, 0.05) is 27.2 Å². The number of rotatable bonds is 3. The molecule has 8 rings (SSSR count). The molecule has 0 aliphatic heterocycles. The van der Waals surface area contributed by atoms with E-state index in [-0.39, 0.29) is 46.0 Å². The maximum absolute atomic E-state index is 8.78. The summed E-state index contributed by atoms with van der Waals surface area (Å²) in [5.41, 5.74) is 6.15. The van der Waals surface area contributed by atoms with Crippen LogP contribution < -0.4 is 0 Å². The van der Waals surface area contributed by atoms with Gasteiger partial charge in [0.2, 0.25) is 0 Å². The Morgan fingerprint density at radius 3 is 1.97 bits per heavy atom. The number of benzene rings is 6. The lowest BCUT2D eigenvalue weighted by Gasteiger charge is -2.11. The molecule has 38 heavy (non-hydrogen) atoms. The fourth-order valence-electron chi connectivity index (χ4n) is 5.36. The molecule has 0 radical (unpaired) electrons. The Balaban J connectivity index is 1.32. The highest BCUT2D eigenvalue weighted by molar-refractivity contribution is 6.12. The Bertz CT molecular complexity index is 2490. The Labute approximate surface area is 231 Å². The van der Waals surface area contributed by atoms with Crippen LogP contribution in [-0.4, -0.2) is 4.57 Å². The number of hydrogen-bond donors (Lipinski definition) is 0. The first-order valence-electron chi connectivity index (χ1n) is 16.3. The average Bonchev–Trinajstić information content (AvgIpc) is 3.65. The molecule has 8 aromatic rings. The summed E-state index contributed by atoms with van der Waals surface area (Å²) < 4.78 is 75.8. The van der Waals surface area contributed by atoms with Crippen LogP contribution in [0.15, 0.2) is 144 Å². The molecule has 0 bridgehead atoms. The maximum atomic E-state index is 8.78. The molecule has 2 heteroatoms. The van der Waals surface area contributed by atoms with Crippen molar-refractivity contribution in [2.75, 3.05) is 0 Å². The van der Waals surface area contributed by atoms with Crippen molar-refractivity contribution in [3.05, 3.63) is 139 Å². The normalized spacial score (nSPS) is 14.6. The lowest BCUT2D eigenvalue weighted by molar-refractivity contribution is 0.669. The van der Waals surface area contributed by atoms with Gasteiger partial charge >= 0.3 is 0 Å². The van der Waals surface area contributed by atoms with Crippen LogP contribution in [0.2, 0.25) is 0 Å². The summed E-state index contributed by atoms with van der Waals surface area (Å²) in [5, 5.41) is 2.22. The Morgan fingerprint density at radius 2 is 1.18 bits per heavy atom. The van der Waals surface area contributed by atoms with Crippen LogP contribution in [0.25, 0.3) is 71.7 Å². The van der Waals surface area contributed by atoms with Crippen LogP contribution in [0.3, 0.4) is 0 Å². The summed E-state index contributed by atoms with van der Waals surface area (Å²) in [5.74, 6) is 0. The van der Waals surface area contributed by atoms with Crippen LogP contribution in [-0.2, 0) is 0 Å². The molecule has 2 heterocycles. The molecule has 0 spiro atoms. The molecule has 0 atom stereocenters. The molecule has 6 aromatic carbocycles. The standard InChI is InChI=1S/C36H23NO/c1-4-15-32-29(11-1)30-12-2-5-16-33(30)37(32)27-10-7-9-26(23-27)24-19-21-25(22-20-24)28-14-8-18-35-36(28)31-13-3-6-17-34(31)38-35/h1-23H/i1D,2D,4D,5D,11D,12D,15D,16D. The third kappa shape index (κ3) is 3.14. The van der Waals surface area contributed by atoms with Crippen molar-refractivity contribution < 1.29 is 15.4 Å². The van der Waals surface area contributed by atoms with E-state index in [4.69, 9.17) is 15.4 Å². The summed E-state index contributed by atoms with van der Waals surface area (Å²) in [6, 6.07) is 26.4. The minimum atomic E-state index is -0.461. The van der Waals surface area contributed by atoms with Gasteiger partial charge in [0.25, 0.3) is 0 Å². The Hall–Kier alpha value is -5.08. The van der Waals surface area contributed by atoms with Crippen molar-refractivity contribution in [3.8, 4) is 27.9 Å². The van der Waals surface area contributed by atoms with Gasteiger partial charge in [-0.15, -0.1) is 0 Å². The zero-order valence-corrected chi connectivity index (χ0v) is 20.0. The van der Waals surface area contributed by atoms with Crippen LogP contribution in [0.5, 0.6) is 0 Å². The van der Waals surface area contributed by atoms with Gasteiger partial charge in [-0.25, -0.2) is 0 Å². The summed E-state index contributed by atoms with van der Waals surface area (Å²) in [6.07, 6.45) is 0. The number of para-hydroxylation sites is 3. The Kier molecular flexibility index (Phi) is 3.16. The summed E-state index contributed by atoms with van der Waals surface area (Å²) >= 11 is 0. The van der Waals surface area contributed by atoms with E-state index in [9.17, 15) is 0 Å². The van der Waals surface area contributed by atoms with Crippen LogP contribution in [0.1, 0.15) is 11.0 Å². The van der Waals surface area contributed by atoms with Crippen molar-refractivity contribution in [3.63, 3.8) is 0 Å². The van der Waals surface area contributed by atoms with Crippen molar-refractivity contribution >= 4 is 43.7 Å². The molecule has 0 amide bonds. The van der Waals surface area contributed by atoms with Gasteiger partial charge in [0.1, 0.15) is 11.2 Å². The number of fused-ring (bicyclic) bond motifs is 6. The molecule has 2 aromatic heterocycles. The first-order valence-corrected chi connectivity index (χ1v) is 12.3. The molecule has 178 valence electrons. The molecule has 0 aliphatic rings. The summed E-state index contributed by atoms with van der Waals surface area (Å²) in [4.78, 5) is 0. The SMILES string of the molecule is [2H]c1c([2H])c([2H])c2c(c1[2H])c1c([2H])c([2H])c([2H])c([2H])c1n2-c1cccc(-c2ccc(-c3cccc4oc5ccccc5c34)cc2)c1. The Morgan fingerprint density at radius 1 is 0.526 bits per heavy atom. The highest BCUT2D eigenvalue weighted by Crippen LogP contribution is 2.38. The molecule has 2 nitrogen and oxygen atoms in total. The fraction of sp³-hybridized carbons (Fsp3) is 0. The van der Waals surface area contributed by atoms with Crippen molar-refractivity contribution in [2.45, 2.75) is 0 Å². The molecule has 0 saturated carbocycles. The van der Waals surface area contributed by atoms with Gasteiger partial charge < -0.3 is 8.98 Å². The van der Waals surface area contributed by atoms with Gasteiger partial charge in [0.05, 0.1) is 22.0 Å². The van der Waals surface area contributed by atoms with Crippen molar-refractivity contribution in [1.29, 1.82) is 0 Å². The zero-order valence-electron chi connectivity index (χ0n) is 28.0. The van der Waals surface area contributed by atoms with Gasteiger partial charge in [-0.3, -0.25) is 0 Å². The van der Waals surface area contributed by atoms with E-state index in [2.05, 4.69) is 12.1 Å². The highest BCUT2D eigenvalue weighted by atomic mass is 16.3. The monoisotopic (exact) mass is 493 g/mol. The fourth-order valence-corrected chi connectivity index (χ4v) is 5.36. The number of nitrogens with zero attached hydrogens (tertiary/aromatic N) is 1. The van der Waals surface area contributed by atoms with E-state index in [1.807, 2.05) is 72.8 Å². The van der Waals surface area contributed by atoms with E-state index in [1.54, 1.807) is 6.07 Å². The topological polar surface area (TPSA) is 18.1 Å². The first-order chi connectivity index (χ1) is 22.2. The molecular formula is C36H23NO. The van der Waals surface area contributed by atoms with Gasteiger partial charge in [-0.2, -0.15) is 0 Å². The third-order valence-corrected chi connectivity index (χ3v) is 7.07. The van der Waals surface area contributed by atoms with Gasteiger partial charge in [-0.05, 0) is 58.6 Å². The zero-order chi connectivity index (χ0) is 32.0. The predicted molar refractivity (Wildman–Crippen MR) is 159 cm³/mol. The second-order valence-electron chi connectivity index (χ2n) is 9.19. The maximum Gasteiger partial charge on any atom is 0.136 e. The lowest BCUT2D eigenvalue weighted by Crippen LogP contribution is -1.94. The molecule has 0 fully saturated rings. The average molecular weight is 494 g/mol. The smallest absolute Gasteiger partial charge is 0.136 e. The van der Waals surface area contributed by atoms with E-state index in [1.165, 1.54) is 4.57 Å². The summed E-state index contributed by atoms with van der Waals surface area (Å²) in [7, 11) is 0. The molecule has 0 aliphatic carbocycles. The van der Waals surface area contributed by atoms with Crippen LogP contribution in [0.4, 0.5) is 0 Å². The molecule has 0 N–H and O–H groups in total. The van der Waals surface area contributed by atoms with E-state index < -0.39 is 24.2 Å².